The standard InChI is InChI=1S/C14H16BrF3O3/c1-8(2)7-11(13(19)20)21-12(14(16,17)18)9-3-5-10(15)6-4-9/h3-6,8,11-12H,7H2,1-2H3,(H,19,20). The van der Waals surface area contributed by atoms with Crippen molar-refractivity contribution in [1.82, 2.24) is 0 Å². The molecule has 118 valence electrons. The van der Waals surface area contributed by atoms with Crippen molar-refractivity contribution in [2.24, 2.45) is 5.92 Å². The predicted molar refractivity (Wildman–Crippen MR) is 74.9 cm³/mol. The quantitative estimate of drug-likeness (QED) is 0.799. The number of carbonyl (C=O) groups is 1. The maximum atomic E-state index is 13.1. The summed E-state index contributed by atoms with van der Waals surface area (Å²) in [6, 6.07) is 5.43. The molecule has 0 spiro atoms. The number of ether oxygens (including phenoxy) is 1. The lowest BCUT2D eigenvalue weighted by Crippen LogP contribution is -2.33. The summed E-state index contributed by atoms with van der Waals surface area (Å²) in [5, 5.41) is 9.03. The molecule has 0 radical (unpaired) electrons. The number of aliphatic carboxylic acids is 1. The lowest BCUT2D eigenvalue weighted by atomic mass is 10.0. The van der Waals surface area contributed by atoms with Crippen molar-refractivity contribution in [3.05, 3.63) is 34.3 Å². The van der Waals surface area contributed by atoms with Crippen LogP contribution in [-0.2, 0) is 9.53 Å². The molecule has 0 saturated carbocycles. The number of halogens is 4. The minimum absolute atomic E-state index is 0.0123. The van der Waals surface area contributed by atoms with Crippen LogP contribution in [0.5, 0.6) is 0 Å². The van der Waals surface area contributed by atoms with E-state index in [1.54, 1.807) is 13.8 Å². The molecule has 2 unspecified atom stereocenters. The van der Waals surface area contributed by atoms with Gasteiger partial charge in [-0.25, -0.2) is 4.79 Å². The number of carboxylic acids is 1. The van der Waals surface area contributed by atoms with Gasteiger partial charge in [0.25, 0.3) is 0 Å². The van der Waals surface area contributed by atoms with E-state index < -0.39 is 24.4 Å². The monoisotopic (exact) mass is 368 g/mol. The van der Waals surface area contributed by atoms with Crippen LogP contribution in [0, 0.1) is 5.92 Å². The van der Waals surface area contributed by atoms with Gasteiger partial charge in [-0.3, -0.25) is 0 Å². The molecule has 21 heavy (non-hydrogen) atoms. The molecule has 0 bridgehead atoms. The van der Waals surface area contributed by atoms with Gasteiger partial charge in [0.15, 0.2) is 12.2 Å². The number of rotatable bonds is 6. The molecule has 2 atom stereocenters. The van der Waals surface area contributed by atoms with Crippen LogP contribution in [0.25, 0.3) is 0 Å². The number of hydrogen-bond acceptors (Lipinski definition) is 2. The number of carboxylic acid groups (broad SMARTS) is 1. The maximum absolute atomic E-state index is 13.1. The molecule has 0 aliphatic carbocycles. The van der Waals surface area contributed by atoms with Crippen molar-refractivity contribution in [2.45, 2.75) is 38.7 Å². The summed E-state index contributed by atoms with van der Waals surface area (Å²) in [5.41, 5.74) is -0.124. The third-order valence-electron chi connectivity index (χ3n) is 2.73. The zero-order valence-electron chi connectivity index (χ0n) is 11.5. The second kappa shape index (κ2) is 7.26. The van der Waals surface area contributed by atoms with Crippen LogP contribution in [0.2, 0.25) is 0 Å². The fourth-order valence-electron chi connectivity index (χ4n) is 1.79. The Morgan fingerprint density at radius 3 is 2.19 bits per heavy atom. The van der Waals surface area contributed by atoms with E-state index in [9.17, 15) is 18.0 Å². The van der Waals surface area contributed by atoms with Crippen molar-refractivity contribution in [3.8, 4) is 0 Å². The van der Waals surface area contributed by atoms with Crippen molar-refractivity contribution < 1.29 is 27.8 Å². The zero-order chi connectivity index (χ0) is 16.2. The van der Waals surface area contributed by atoms with Gasteiger partial charge >= 0.3 is 12.1 Å². The first-order valence-electron chi connectivity index (χ1n) is 6.31. The number of hydrogen-bond donors (Lipinski definition) is 1. The molecule has 0 aliphatic rings. The molecule has 0 saturated heterocycles. The molecule has 1 rings (SSSR count). The van der Waals surface area contributed by atoms with Gasteiger partial charge in [-0.1, -0.05) is 41.9 Å². The Hall–Kier alpha value is -1.08. The number of alkyl halides is 3. The molecule has 0 amide bonds. The highest BCUT2D eigenvalue weighted by molar-refractivity contribution is 9.10. The highest BCUT2D eigenvalue weighted by Gasteiger charge is 2.44. The van der Waals surface area contributed by atoms with Crippen molar-refractivity contribution in [2.75, 3.05) is 0 Å². The van der Waals surface area contributed by atoms with Gasteiger partial charge in [0.05, 0.1) is 0 Å². The van der Waals surface area contributed by atoms with Gasteiger partial charge in [0.2, 0.25) is 0 Å². The van der Waals surface area contributed by atoms with Crippen LogP contribution < -0.4 is 0 Å². The Bertz CT molecular complexity index is 471. The van der Waals surface area contributed by atoms with Crippen LogP contribution in [0.1, 0.15) is 31.9 Å². The van der Waals surface area contributed by atoms with E-state index in [4.69, 9.17) is 9.84 Å². The first-order chi connectivity index (χ1) is 9.61. The summed E-state index contributed by atoms with van der Waals surface area (Å²) >= 11 is 3.14. The van der Waals surface area contributed by atoms with Gasteiger partial charge in [0, 0.05) is 4.47 Å². The highest BCUT2D eigenvalue weighted by atomic mass is 79.9. The lowest BCUT2D eigenvalue weighted by Gasteiger charge is -2.25. The normalized spacial score (nSPS) is 15.0. The van der Waals surface area contributed by atoms with Gasteiger partial charge in [-0.05, 0) is 30.0 Å². The van der Waals surface area contributed by atoms with Crippen molar-refractivity contribution >= 4 is 21.9 Å². The first kappa shape index (κ1) is 18.0. The van der Waals surface area contributed by atoms with E-state index in [1.165, 1.54) is 24.3 Å². The summed E-state index contributed by atoms with van der Waals surface area (Å²) < 4.78 is 44.9. The summed E-state index contributed by atoms with van der Waals surface area (Å²) in [6.07, 6.45) is -8.43. The van der Waals surface area contributed by atoms with Crippen LogP contribution in [-0.4, -0.2) is 23.4 Å². The van der Waals surface area contributed by atoms with E-state index in [0.717, 1.165) is 0 Å². The molecular weight excluding hydrogens is 353 g/mol. The fourth-order valence-corrected chi connectivity index (χ4v) is 2.05. The zero-order valence-corrected chi connectivity index (χ0v) is 13.1. The minimum atomic E-state index is -4.68. The molecular formula is C14H16BrF3O3. The molecule has 1 N–H and O–H groups in total. The molecule has 3 nitrogen and oxygen atoms in total. The lowest BCUT2D eigenvalue weighted by molar-refractivity contribution is -0.239. The Morgan fingerprint density at radius 2 is 1.81 bits per heavy atom. The van der Waals surface area contributed by atoms with Crippen molar-refractivity contribution in [3.63, 3.8) is 0 Å². The van der Waals surface area contributed by atoms with Crippen LogP contribution in [0.3, 0.4) is 0 Å². The number of benzene rings is 1. The molecule has 0 aliphatic heterocycles. The Labute approximate surface area is 129 Å². The maximum Gasteiger partial charge on any atom is 0.418 e. The summed E-state index contributed by atoms with van der Waals surface area (Å²) in [6.45, 7) is 3.45. The van der Waals surface area contributed by atoms with E-state index >= 15 is 0 Å². The first-order valence-corrected chi connectivity index (χ1v) is 7.11. The largest absolute Gasteiger partial charge is 0.479 e. The van der Waals surface area contributed by atoms with E-state index in [1.807, 2.05) is 0 Å². The second-order valence-electron chi connectivity index (χ2n) is 5.07. The highest BCUT2D eigenvalue weighted by Crippen LogP contribution is 2.37. The van der Waals surface area contributed by atoms with Crippen molar-refractivity contribution in [1.29, 1.82) is 0 Å². The van der Waals surface area contributed by atoms with Crippen LogP contribution >= 0.6 is 15.9 Å². The average Bonchev–Trinajstić information content (AvgIpc) is 2.33. The third kappa shape index (κ3) is 5.67. The molecule has 7 heteroatoms. The van der Waals surface area contributed by atoms with Gasteiger partial charge in [-0.2, -0.15) is 13.2 Å². The minimum Gasteiger partial charge on any atom is -0.479 e. The van der Waals surface area contributed by atoms with E-state index in [-0.39, 0.29) is 17.9 Å². The Morgan fingerprint density at radius 1 is 1.29 bits per heavy atom. The van der Waals surface area contributed by atoms with Crippen LogP contribution in [0.4, 0.5) is 13.2 Å². The molecule has 0 fully saturated rings. The summed E-state index contributed by atoms with van der Waals surface area (Å²) in [5.74, 6) is -1.49. The topological polar surface area (TPSA) is 46.5 Å². The van der Waals surface area contributed by atoms with E-state index in [0.29, 0.717) is 4.47 Å². The molecule has 1 aromatic rings. The predicted octanol–water partition coefficient (Wildman–Crippen LogP) is 4.57. The smallest absolute Gasteiger partial charge is 0.418 e. The summed E-state index contributed by atoms with van der Waals surface area (Å²) in [7, 11) is 0. The third-order valence-corrected chi connectivity index (χ3v) is 3.26. The van der Waals surface area contributed by atoms with Crippen LogP contribution in [0.15, 0.2) is 28.7 Å². The Kier molecular flexibility index (Phi) is 6.22. The van der Waals surface area contributed by atoms with Gasteiger partial charge < -0.3 is 9.84 Å². The second-order valence-corrected chi connectivity index (χ2v) is 5.98. The average molecular weight is 369 g/mol. The Balaban J connectivity index is 3.03. The fraction of sp³-hybridized carbons (Fsp3) is 0.500. The molecule has 0 aromatic heterocycles. The molecule has 0 heterocycles. The van der Waals surface area contributed by atoms with Gasteiger partial charge in [0.1, 0.15) is 0 Å². The summed E-state index contributed by atoms with van der Waals surface area (Å²) in [4.78, 5) is 11.1. The van der Waals surface area contributed by atoms with E-state index in [2.05, 4.69) is 15.9 Å². The van der Waals surface area contributed by atoms with Gasteiger partial charge in [-0.15, -0.1) is 0 Å². The molecule has 1 aromatic carbocycles. The SMILES string of the molecule is CC(C)CC(OC(c1ccc(Br)cc1)C(F)(F)F)C(=O)O.